The van der Waals surface area contributed by atoms with Crippen molar-refractivity contribution in [2.45, 2.75) is 19.4 Å². The van der Waals surface area contributed by atoms with Crippen molar-refractivity contribution in [3.05, 3.63) is 34.3 Å². The zero-order valence-electron chi connectivity index (χ0n) is 10.5. The van der Waals surface area contributed by atoms with Crippen LogP contribution in [0.5, 0.6) is 0 Å². The van der Waals surface area contributed by atoms with E-state index in [-0.39, 0.29) is 19.1 Å². The van der Waals surface area contributed by atoms with Crippen LogP contribution in [0.1, 0.15) is 24.9 Å². The lowest BCUT2D eigenvalue weighted by Gasteiger charge is -2.28. The zero-order chi connectivity index (χ0) is 14.4. The van der Waals surface area contributed by atoms with E-state index in [4.69, 9.17) is 10.2 Å². The van der Waals surface area contributed by atoms with Gasteiger partial charge in [0.15, 0.2) is 0 Å². The Bertz CT molecular complexity index is 448. The second-order valence-electron chi connectivity index (χ2n) is 4.17. The van der Waals surface area contributed by atoms with Gasteiger partial charge in [-0.3, -0.25) is 14.5 Å². The minimum Gasteiger partial charge on any atom is -0.480 e. The average molecular weight is 330 g/mol. The van der Waals surface area contributed by atoms with Gasteiger partial charge in [0.2, 0.25) is 0 Å². The highest BCUT2D eigenvalue weighted by Gasteiger charge is 2.23. The number of carbonyl (C=O) groups is 2. The highest BCUT2D eigenvalue weighted by molar-refractivity contribution is 9.10. The molecule has 0 radical (unpaired) electrons. The minimum absolute atomic E-state index is 0.232. The molecule has 104 valence electrons. The molecule has 0 aliphatic rings. The summed E-state index contributed by atoms with van der Waals surface area (Å²) in [5.41, 5.74) is 0.902. The number of carboxylic acid groups (broad SMARTS) is 2. The molecule has 0 saturated carbocycles. The third-order valence-corrected chi connectivity index (χ3v) is 3.23. The van der Waals surface area contributed by atoms with Crippen LogP contribution in [0.25, 0.3) is 0 Å². The number of nitrogens with zero attached hydrogens (tertiary/aromatic N) is 1. The van der Waals surface area contributed by atoms with E-state index in [1.807, 2.05) is 31.2 Å². The molecule has 1 aromatic carbocycles. The predicted molar refractivity (Wildman–Crippen MR) is 74.0 cm³/mol. The quantitative estimate of drug-likeness (QED) is 0.803. The van der Waals surface area contributed by atoms with Gasteiger partial charge in [0.1, 0.15) is 0 Å². The van der Waals surface area contributed by atoms with Crippen LogP contribution in [0, 0.1) is 0 Å². The second-order valence-corrected chi connectivity index (χ2v) is 5.09. The van der Waals surface area contributed by atoms with E-state index in [1.54, 1.807) is 0 Å². The smallest absolute Gasteiger partial charge is 0.317 e. The van der Waals surface area contributed by atoms with Gasteiger partial charge < -0.3 is 10.2 Å². The molecule has 1 aromatic rings. The Labute approximate surface area is 120 Å². The van der Waals surface area contributed by atoms with E-state index in [1.165, 1.54) is 4.90 Å². The van der Waals surface area contributed by atoms with Gasteiger partial charge in [-0.2, -0.15) is 0 Å². The number of hydrogen-bond donors (Lipinski definition) is 2. The molecule has 0 heterocycles. The molecule has 19 heavy (non-hydrogen) atoms. The first-order valence-electron chi connectivity index (χ1n) is 5.87. The molecule has 0 fully saturated rings. The van der Waals surface area contributed by atoms with Crippen molar-refractivity contribution in [1.29, 1.82) is 0 Å². The molecule has 6 heteroatoms. The highest BCUT2D eigenvalue weighted by Crippen LogP contribution is 2.26. The largest absolute Gasteiger partial charge is 0.480 e. The summed E-state index contributed by atoms with van der Waals surface area (Å²) in [7, 11) is 0. The minimum atomic E-state index is -1.03. The van der Waals surface area contributed by atoms with Crippen molar-refractivity contribution < 1.29 is 19.8 Å². The Balaban J connectivity index is 3.00. The normalized spacial score (nSPS) is 12.4. The van der Waals surface area contributed by atoms with Crippen molar-refractivity contribution >= 4 is 27.9 Å². The van der Waals surface area contributed by atoms with Crippen molar-refractivity contribution in [2.24, 2.45) is 0 Å². The summed E-state index contributed by atoms with van der Waals surface area (Å²) in [5, 5.41) is 17.8. The van der Waals surface area contributed by atoms with Gasteiger partial charge in [-0.05, 0) is 24.1 Å². The van der Waals surface area contributed by atoms with Gasteiger partial charge in [-0.1, -0.05) is 35.0 Å². The molecular formula is C13H16BrNO4. The van der Waals surface area contributed by atoms with Crippen LogP contribution < -0.4 is 0 Å². The lowest BCUT2D eigenvalue weighted by Crippen LogP contribution is -2.37. The fourth-order valence-electron chi connectivity index (χ4n) is 2.04. The first-order valence-corrected chi connectivity index (χ1v) is 6.66. The highest BCUT2D eigenvalue weighted by atomic mass is 79.9. The van der Waals surface area contributed by atoms with Crippen molar-refractivity contribution in [3.63, 3.8) is 0 Å². The second kappa shape index (κ2) is 7.25. The van der Waals surface area contributed by atoms with Crippen molar-refractivity contribution in [3.8, 4) is 0 Å². The van der Waals surface area contributed by atoms with Crippen LogP contribution in [-0.2, 0) is 9.59 Å². The van der Waals surface area contributed by atoms with Crippen LogP contribution in [0.4, 0.5) is 0 Å². The summed E-state index contributed by atoms with van der Waals surface area (Å²) in [5.74, 6) is -2.07. The van der Waals surface area contributed by atoms with Gasteiger partial charge in [0, 0.05) is 10.5 Å². The molecule has 0 bridgehead atoms. The Hall–Kier alpha value is -1.40. The van der Waals surface area contributed by atoms with E-state index in [2.05, 4.69) is 15.9 Å². The summed E-state index contributed by atoms with van der Waals surface area (Å²) in [6.07, 6.45) is 0.636. The van der Waals surface area contributed by atoms with Crippen LogP contribution in [0.15, 0.2) is 28.7 Å². The summed E-state index contributed by atoms with van der Waals surface area (Å²) in [6.45, 7) is 1.32. The summed E-state index contributed by atoms with van der Waals surface area (Å²) >= 11 is 3.36. The Morgan fingerprint density at radius 1 is 1.26 bits per heavy atom. The third kappa shape index (κ3) is 5.00. The molecule has 0 aliphatic carbocycles. The maximum atomic E-state index is 10.9. The molecule has 2 N–H and O–H groups in total. The first-order chi connectivity index (χ1) is 8.93. The number of benzene rings is 1. The van der Waals surface area contributed by atoms with Crippen LogP contribution >= 0.6 is 15.9 Å². The van der Waals surface area contributed by atoms with E-state index in [0.29, 0.717) is 6.42 Å². The number of aliphatic carboxylic acids is 2. The van der Waals surface area contributed by atoms with E-state index in [9.17, 15) is 9.59 Å². The van der Waals surface area contributed by atoms with E-state index >= 15 is 0 Å². The number of carboxylic acids is 2. The van der Waals surface area contributed by atoms with Gasteiger partial charge in [-0.25, -0.2) is 0 Å². The van der Waals surface area contributed by atoms with Gasteiger partial charge in [0.25, 0.3) is 0 Å². The maximum absolute atomic E-state index is 10.9. The molecule has 5 nitrogen and oxygen atoms in total. The van der Waals surface area contributed by atoms with Gasteiger partial charge >= 0.3 is 11.9 Å². The third-order valence-electron chi connectivity index (χ3n) is 2.74. The Morgan fingerprint density at radius 3 is 2.26 bits per heavy atom. The summed E-state index contributed by atoms with van der Waals surface area (Å²) < 4.78 is 0.883. The van der Waals surface area contributed by atoms with Crippen molar-refractivity contribution in [2.75, 3.05) is 13.1 Å². The topological polar surface area (TPSA) is 77.8 Å². The molecule has 0 aromatic heterocycles. The molecular weight excluding hydrogens is 314 g/mol. The summed E-state index contributed by atoms with van der Waals surface area (Å²) in [4.78, 5) is 23.2. The molecule has 0 spiro atoms. The van der Waals surface area contributed by atoms with Crippen LogP contribution in [0.2, 0.25) is 0 Å². The van der Waals surface area contributed by atoms with Crippen LogP contribution in [-0.4, -0.2) is 40.1 Å². The van der Waals surface area contributed by atoms with E-state index < -0.39 is 11.9 Å². The Kier molecular flexibility index (Phi) is 5.98. The van der Waals surface area contributed by atoms with Crippen molar-refractivity contribution in [1.82, 2.24) is 4.90 Å². The monoisotopic (exact) mass is 329 g/mol. The molecule has 0 amide bonds. The van der Waals surface area contributed by atoms with E-state index in [0.717, 1.165) is 10.0 Å². The fourth-order valence-corrected chi connectivity index (χ4v) is 2.46. The zero-order valence-corrected chi connectivity index (χ0v) is 12.1. The standard InChI is InChI=1S/C13H16BrNO4/c1-2-11(9-4-3-5-10(14)6-9)15(7-12(16)17)8-13(18)19/h3-6,11H,2,7-8H2,1H3,(H,16,17)(H,18,19). The summed E-state index contributed by atoms with van der Waals surface area (Å²) in [6, 6.07) is 7.24. The molecule has 0 saturated heterocycles. The Morgan fingerprint density at radius 2 is 1.84 bits per heavy atom. The first kappa shape index (κ1) is 15.7. The lowest BCUT2D eigenvalue weighted by atomic mass is 10.0. The molecule has 1 rings (SSSR count). The predicted octanol–water partition coefficient (Wildman–Crippen LogP) is 2.37. The number of halogens is 1. The molecule has 0 aliphatic heterocycles. The van der Waals surface area contributed by atoms with Gasteiger partial charge in [-0.15, -0.1) is 0 Å². The van der Waals surface area contributed by atoms with Gasteiger partial charge in [0.05, 0.1) is 13.1 Å². The number of hydrogen-bond acceptors (Lipinski definition) is 3. The molecule has 1 atom stereocenters. The average Bonchev–Trinajstić information content (AvgIpc) is 2.28. The SMILES string of the molecule is CCC(c1cccc(Br)c1)N(CC(=O)O)CC(=O)O. The van der Waals surface area contributed by atoms with Crippen LogP contribution in [0.3, 0.4) is 0 Å². The molecule has 1 unspecified atom stereocenters. The lowest BCUT2D eigenvalue weighted by molar-refractivity contribution is -0.143. The number of rotatable bonds is 7. The maximum Gasteiger partial charge on any atom is 0.317 e. The fraction of sp³-hybridized carbons (Fsp3) is 0.385.